The van der Waals surface area contributed by atoms with Gasteiger partial charge in [-0.2, -0.15) is 9.97 Å². The summed E-state index contributed by atoms with van der Waals surface area (Å²) in [5, 5.41) is 8.99. The third-order valence-electron chi connectivity index (χ3n) is 13.4. The molecule has 0 aliphatic carbocycles. The summed E-state index contributed by atoms with van der Waals surface area (Å²) < 4.78 is 11.5. The highest BCUT2D eigenvalue weighted by Crippen LogP contribution is 2.45. The van der Waals surface area contributed by atoms with Crippen LogP contribution in [0.3, 0.4) is 0 Å². The van der Waals surface area contributed by atoms with Crippen molar-refractivity contribution in [3.05, 3.63) is 224 Å². The highest BCUT2D eigenvalue weighted by atomic mass is 16.3. The number of fused-ring (bicyclic) bond motifs is 11. The first-order chi connectivity index (χ1) is 33.2. The van der Waals surface area contributed by atoms with Gasteiger partial charge in [-0.1, -0.05) is 188 Å². The monoisotopic (exact) mass is 855 g/mol. The summed E-state index contributed by atoms with van der Waals surface area (Å²) in [4.78, 5) is 16.1. The molecule has 4 aromatic heterocycles. The molecule has 0 amide bonds. The summed E-state index contributed by atoms with van der Waals surface area (Å²) in [7, 11) is 0. The van der Waals surface area contributed by atoms with Crippen LogP contribution in [0.25, 0.3) is 133 Å². The summed E-state index contributed by atoms with van der Waals surface area (Å²) in [5.74, 6) is 1.73. The molecular weight excluding hydrogens is 819 g/mol. The fourth-order valence-electron chi connectivity index (χ4n) is 10.3. The molecule has 4 heterocycles. The van der Waals surface area contributed by atoms with Crippen LogP contribution in [0.2, 0.25) is 0 Å². The molecule has 0 N–H and O–H groups in total. The van der Waals surface area contributed by atoms with Crippen molar-refractivity contribution >= 4 is 76.3 Å². The number of aromatic nitrogens is 5. The van der Waals surface area contributed by atoms with Crippen LogP contribution in [-0.4, -0.2) is 24.1 Å². The number of nitrogens with zero attached hydrogens (tertiary/aromatic N) is 5. The van der Waals surface area contributed by atoms with Gasteiger partial charge >= 0.3 is 0 Å². The number of furan rings is 1. The van der Waals surface area contributed by atoms with E-state index in [0.717, 1.165) is 105 Å². The Morgan fingerprint density at radius 3 is 1.67 bits per heavy atom. The van der Waals surface area contributed by atoms with Gasteiger partial charge in [0.05, 0.1) is 22.1 Å². The van der Waals surface area contributed by atoms with Crippen molar-refractivity contribution in [1.82, 2.24) is 24.1 Å². The molecule has 0 radical (unpaired) electrons. The summed E-state index contributed by atoms with van der Waals surface area (Å²) in [6.07, 6.45) is 0. The lowest BCUT2D eigenvalue weighted by atomic mass is 9.98. The van der Waals surface area contributed by atoms with Gasteiger partial charge in [0.1, 0.15) is 11.2 Å². The Hall–Kier alpha value is -9.13. The van der Waals surface area contributed by atoms with Crippen molar-refractivity contribution in [2.24, 2.45) is 0 Å². The van der Waals surface area contributed by atoms with E-state index >= 15 is 0 Å². The van der Waals surface area contributed by atoms with Crippen molar-refractivity contribution in [3.8, 4) is 56.7 Å². The second-order valence-corrected chi connectivity index (χ2v) is 17.2. The zero-order chi connectivity index (χ0) is 44.0. The van der Waals surface area contributed by atoms with Gasteiger partial charge in [0.25, 0.3) is 0 Å². The molecule has 67 heavy (non-hydrogen) atoms. The lowest BCUT2D eigenvalue weighted by molar-refractivity contribution is 0.670. The second-order valence-electron chi connectivity index (χ2n) is 17.2. The van der Waals surface area contributed by atoms with Crippen molar-refractivity contribution < 1.29 is 4.42 Å². The van der Waals surface area contributed by atoms with Gasteiger partial charge in [0.2, 0.25) is 5.95 Å². The largest absolute Gasteiger partial charge is 0.455 e. The molecule has 0 spiro atoms. The molecule has 0 bridgehead atoms. The molecule has 0 atom stereocenters. The molecule has 312 valence electrons. The van der Waals surface area contributed by atoms with Gasteiger partial charge < -0.3 is 8.98 Å². The van der Waals surface area contributed by atoms with Crippen LogP contribution in [0.1, 0.15) is 0 Å². The molecule has 14 aromatic rings. The second kappa shape index (κ2) is 14.7. The van der Waals surface area contributed by atoms with Crippen LogP contribution >= 0.6 is 0 Å². The van der Waals surface area contributed by atoms with E-state index < -0.39 is 0 Å². The number of hydrogen-bond donors (Lipinski definition) is 0. The minimum Gasteiger partial charge on any atom is -0.455 e. The molecule has 6 nitrogen and oxygen atoms in total. The van der Waals surface area contributed by atoms with Crippen LogP contribution < -0.4 is 0 Å². The summed E-state index contributed by atoms with van der Waals surface area (Å²) in [6, 6.07) is 79.2. The molecule has 0 unspecified atom stereocenters. The SMILES string of the molecule is c1ccc(-c2nc(-c3ccccc3-c3ccccc3)nc(-n3c4ccccc4c4ccc5c6ccccc6n(-c6cc(-c7ccc8ccccc8c7)c7oc8ccccc8c7c6)c5c43)n2)cc1. The van der Waals surface area contributed by atoms with E-state index in [1.54, 1.807) is 0 Å². The van der Waals surface area contributed by atoms with Gasteiger partial charge in [-0.05, 0) is 63.9 Å². The number of benzene rings is 10. The van der Waals surface area contributed by atoms with Crippen LogP contribution in [0, 0.1) is 0 Å². The highest BCUT2D eigenvalue weighted by molar-refractivity contribution is 6.24. The Labute approximate surface area is 384 Å². The molecule has 10 aromatic carbocycles. The predicted octanol–water partition coefficient (Wildman–Crippen LogP) is 15.8. The minimum atomic E-state index is 0.537. The van der Waals surface area contributed by atoms with Crippen molar-refractivity contribution in [2.75, 3.05) is 0 Å². The van der Waals surface area contributed by atoms with Crippen LogP contribution in [0.4, 0.5) is 0 Å². The number of rotatable bonds is 6. The Morgan fingerprint density at radius 1 is 0.328 bits per heavy atom. The molecule has 14 rings (SSSR count). The van der Waals surface area contributed by atoms with E-state index in [4.69, 9.17) is 19.4 Å². The Kier molecular flexibility index (Phi) is 8.18. The number of para-hydroxylation sites is 3. The average Bonchev–Trinajstić information content (AvgIpc) is 4.06. The van der Waals surface area contributed by atoms with E-state index in [1.165, 1.54) is 10.8 Å². The van der Waals surface area contributed by atoms with Gasteiger partial charge in [-0.15, -0.1) is 0 Å². The molecule has 0 fully saturated rings. The lowest BCUT2D eigenvalue weighted by Gasteiger charge is -2.15. The molecule has 6 heteroatoms. The van der Waals surface area contributed by atoms with E-state index in [9.17, 15) is 0 Å². The van der Waals surface area contributed by atoms with Gasteiger partial charge in [-0.25, -0.2) is 4.98 Å². The lowest BCUT2D eigenvalue weighted by Crippen LogP contribution is -2.07. The fraction of sp³-hybridized carbons (Fsp3) is 0. The topological polar surface area (TPSA) is 61.7 Å². The first-order valence-electron chi connectivity index (χ1n) is 22.6. The zero-order valence-corrected chi connectivity index (χ0v) is 36.0. The maximum Gasteiger partial charge on any atom is 0.238 e. The quantitative estimate of drug-likeness (QED) is 0.167. The van der Waals surface area contributed by atoms with E-state index in [1.807, 2.05) is 30.3 Å². The minimum absolute atomic E-state index is 0.537. The predicted molar refractivity (Wildman–Crippen MR) is 275 cm³/mol. The summed E-state index contributed by atoms with van der Waals surface area (Å²) >= 11 is 0. The maximum absolute atomic E-state index is 6.78. The third-order valence-corrected chi connectivity index (χ3v) is 13.4. The van der Waals surface area contributed by atoms with E-state index in [0.29, 0.717) is 17.6 Å². The fourth-order valence-corrected chi connectivity index (χ4v) is 10.3. The third kappa shape index (κ3) is 5.80. The van der Waals surface area contributed by atoms with Gasteiger partial charge in [0.15, 0.2) is 11.6 Å². The smallest absolute Gasteiger partial charge is 0.238 e. The average molecular weight is 856 g/mol. The molecule has 0 saturated carbocycles. The summed E-state index contributed by atoms with van der Waals surface area (Å²) in [6.45, 7) is 0. The Bertz CT molecular complexity index is 4280. The Balaban J connectivity index is 1.12. The molecule has 0 aliphatic heterocycles. The molecular formula is C61H37N5O. The van der Waals surface area contributed by atoms with Crippen molar-refractivity contribution in [3.63, 3.8) is 0 Å². The normalized spacial score (nSPS) is 11.9. The van der Waals surface area contributed by atoms with Crippen LogP contribution in [-0.2, 0) is 0 Å². The van der Waals surface area contributed by atoms with Crippen LogP contribution in [0.15, 0.2) is 229 Å². The van der Waals surface area contributed by atoms with Crippen LogP contribution in [0.5, 0.6) is 0 Å². The van der Waals surface area contributed by atoms with Gasteiger partial charge in [0, 0.05) is 54.7 Å². The van der Waals surface area contributed by atoms with Crippen molar-refractivity contribution in [2.45, 2.75) is 0 Å². The standard InChI is InChI=1S/C61H37N5O/c1-3-18-39(19-4-1)44-23-9-10-27-50(44)60-62-59(40-20-5-2-6-21-40)63-61(64-60)66-54-29-15-12-25-46(54)49-34-33-48-45-24-11-14-28-53(45)65(56(48)57(49)66)43-36-51(42-32-31-38-17-7-8-22-41(38)35-42)58-52(37-43)47-26-13-16-30-55(47)67-58/h1-37H. The van der Waals surface area contributed by atoms with Crippen molar-refractivity contribution in [1.29, 1.82) is 0 Å². The van der Waals surface area contributed by atoms with Gasteiger partial charge in [-0.3, -0.25) is 4.57 Å². The summed E-state index contributed by atoms with van der Waals surface area (Å²) in [5.41, 5.74) is 13.0. The zero-order valence-electron chi connectivity index (χ0n) is 36.0. The Morgan fingerprint density at radius 2 is 0.910 bits per heavy atom. The van der Waals surface area contributed by atoms with E-state index in [2.05, 4.69) is 203 Å². The first-order valence-corrected chi connectivity index (χ1v) is 22.6. The molecule has 0 saturated heterocycles. The van der Waals surface area contributed by atoms with E-state index in [-0.39, 0.29) is 0 Å². The first kappa shape index (κ1) is 37.3. The molecule has 0 aliphatic rings. The maximum atomic E-state index is 6.78. The highest BCUT2D eigenvalue weighted by Gasteiger charge is 2.25. The number of hydrogen-bond acceptors (Lipinski definition) is 4.